The predicted molar refractivity (Wildman–Crippen MR) is 45.6 cm³/mol. The Bertz CT molecular complexity index is 66.3. The Morgan fingerprint density at radius 1 is 1.40 bits per heavy atom. The molecule has 0 radical (unpaired) electrons. The molecular formula is C8H17ClO. The van der Waals surface area contributed by atoms with Crippen molar-refractivity contribution in [1.82, 2.24) is 0 Å². The van der Waals surface area contributed by atoms with Gasteiger partial charge in [0.05, 0.1) is 0 Å². The van der Waals surface area contributed by atoms with Gasteiger partial charge >= 0.3 is 0 Å². The van der Waals surface area contributed by atoms with Crippen LogP contribution in [0.15, 0.2) is 0 Å². The molecule has 2 heteroatoms. The molecule has 1 unspecified atom stereocenters. The van der Waals surface area contributed by atoms with E-state index in [4.69, 9.17) is 16.3 Å². The molecule has 0 aromatic heterocycles. The fourth-order valence-corrected chi connectivity index (χ4v) is 1.13. The highest BCUT2D eigenvalue weighted by atomic mass is 35.5. The van der Waals surface area contributed by atoms with E-state index < -0.39 is 0 Å². The summed E-state index contributed by atoms with van der Waals surface area (Å²) in [6.45, 7) is 5.94. The van der Waals surface area contributed by atoms with Crippen LogP contribution in [0.2, 0.25) is 0 Å². The molecule has 0 amide bonds. The monoisotopic (exact) mass is 164 g/mol. The molecule has 0 saturated heterocycles. The standard InChI is InChI=1S/C8H17ClO/c1-3-10-7-5-8(2)4-6-9/h8H,3-7H2,1-2H3. The highest BCUT2D eigenvalue weighted by molar-refractivity contribution is 6.17. The van der Waals surface area contributed by atoms with E-state index in [1.807, 2.05) is 6.92 Å². The highest BCUT2D eigenvalue weighted by Crippen LogP contribution is 2.07. The third-order valence-corrected chi connectivity index (χ3v) is 1.78. The molecule has 10 heavy (non-hydrogen) atoms. The molecule has 0 fully saturated rings. The van der Waals surface area contributed by atoms with Crippen LogP contribution in [-0.2, 0) is 4.74 Å². The van der Waals surface area contributed by atoms with Crippen LogP contribution in [0, 0.1) is 5.92 Å². The zero-order valence-electron chi connectivity index (χ0n) is 6.90. The van der Waals surface area contributed by atoms with Crippen molar-refractivity contribution in [2.24, 2.45) is 5.92 Å². The predicted octanol–water partition coefficient (Wildman–Crippen LogP) is 2.68. The molecule has 0 N–H and O–H groups in total. The Balaban J connectivity index is 2.97. The van der Waals surface area contributed by atoms with Crippen LogP contribution < -0.4 is 0 Å². The van der Waals surface area contributed by atoms with E-state index in [1.54, 1.807) is 0 Å². The van der Waals surface area contributed by atoms with Crippen LogP contribution in [0.5, 0.6) is 0 Å². The molecule has 1 atom stereocenters. The third-order valence-electron chi connectivity index (χ3n) is 1.56. The Labute approximate surface area is 68.7 Å². The smallest absolute Gasteiger partial charge is 0.0468 e. The summed E-state index contributed by atoms with van der Waals surface area (Å²) < 4.78 is 5.21. The summed E-state index contributed by atoms with van der Waals surface area (Å²) in [7, 11) is 0. The van der Waals surface area contributed by atoms with Crippen LogP contribution in [0.3, 0.4) is 0 Å². The lowest BCUT2D eigenvalue weighted by Crippen LogP contribution is -2.02. The van der Waals surface area contributed by atoms with Gasteiger partial charge in [-0.25, -0.2) is 0 Å². The highest BCUT2D eigenvalue weighted by Gasteiger charge is 1.99. The van der Waals surface area contributed by atoms with Crippen molar-refractivity contribution in [2.45, 2.75) is 26.7 Å². The van der Waals surface area contributed by atoms with Crippen molar-refractivity contribution in [2.75, 3.05) is 19.1 Å². The molecule has 0 heterocycles. The van der Waals surface area contributed by atoms with Crippen molar-refractivity contribution in [3.8, 4) is 0 Å². The van der Waals surface area contributed by atoms with Crippen LogP contribution in [0.1, 0.15) is 26.7 Å². The molecule has 0 aliphatic rings. The molecule has 0 spiro atoms. The van der Waals surface area contributed by atoms with Gasteiger partial charge in [-0.1, -0.05) is 6.92 Å². The molecule has 0 aliphatic carbocycles. The summed E-state index contributed by atoms with van der Waals surface area (Å²) in [5.74, 6) is 1.48. The number of ether oxygens (including phenoxy) is 1. The SMILES string of the molecule is CCOCCC(C)CCCl. The van der Waals surface area contributed by atoms with Crippen molar-refractivity contribution >= 4 is 11.6 Å². The van der Waals surface area contributed by atoms with Gasteiger partial charge in [0.1, 0.15) is 0 Å². The molecule has 0 bridgehead atoms. The number of hydrogen-bond donors (Lipinski definition) is 0. The minimum absolute atomic E-state index is 0.712. The van der Waals surface area contributed by atoms with Crippen molar-refractivity contribution in [3.63, 3.8) is 0 Å². The van der Waals surface area contributed by atoms with Gasteiger partial charge in [0.2, 0.25) is 0 Å². The Morgan fingerprint density at radius 3 is 2.60 bits per heavy atom. The first-order valence-corrected chi connectivity index (χ1v) is 4.48. The van der Waals surface area contributed by atoms with Gasteiger partial charge in [-0.15, -0.1) is 11.6 Å². The lowest BCUT2D eigenvalue weighted by Gasteiger charge is -2.07. The fourth-order valence-electron chi connectivity index (χ4n) is 0.759. The molecule has 0 aliphatic heterocycles. The maximum absolute atomic E-state index is 5.57. The molecule has 0 aromatic rings. The molecule has 0 aromatic carbocycles. The number of rotatable bonds is 6. The largest absolute Gasteiger partial charge is 0.382 e. The average Bonchev–Trinajstić information content (AvgIpc) is 1.89. The summed E-state index contributed by atoms with van der Waals surface area (Å²) in [5, 5.41) is 0. The topological polar surface area (TPSA) is 9.23 Å². The lowest BCUT2D eigenvalue weighted by atomic mass is 10.1. The lowest BCUT2D eigenvalue weighted by molar-refractivity contribution is 0.133. The van der Waals surface area contributed by atoms with Gasteiger partial charge in [-0.3, -0.25) is 0 Å². The zero-order chi connectivity index (χ0) is 7.82. The molecule has 0 saturated carbocycles. The molecule has 62 valence electrons. The average molecular weight is 165 g/mol. The van der Waals surface area contributed by atoms with Gasteiger partial charge in [-0.05, 0) is 25.7 Å². The number of halogens is 1. The maximum atomic E-state index is 5.57. The van der Waals surface area contributed by atoms with E-state index >= 15 is 0 Å². The van der Waals surface area contributed by atoms with Gasteiger partial charge in [0, 0.05) is 19.1 Å². The molecular weight excluding hydrogens is 148 g/mol. The van der Waals surface area contributed by atoms with E-state index in [9.17, 15) is 0 Å². The minimum Gasteiger partial charge on any atom is -0.382 e. The second kappa shape index (κ2) is 7.36. The Kier molecular flexibility index (Phi) is 7.54. The van der Waals surface area contributed by atoms with E-state index in [1.165, 1.54) is 0 Å². The van der Waals surface area contributed by atoms with E-state index in [2.05, 4.69) is 6.92 Å². The maximum Gasteiger partial charge on any atom is 0.0468 e. The van der Waals surface area contributed by atoms with Gasteiger partial charge in [0.25, 0.3) is 0 Å². The van der Waals surface area contributed by atoms with E-state index in [-0.39, 0.29) is 0 Å². The van der Waals surface area contributed by atoms with Crippen molar-refractivity contribution in [3.05, 3.63) is 0 Å². The van der Waals surface area contributed by atoms with Crippen molar-refractivity contribution < 1.29 is 4.74 Å². The quantitative estimate of drug-likeness (QED) is 0.433. The van der Waals surface area contributed by atoms with E-state index in [0.717, 1.165) is 31.9 Å². The molecule has 0 rings (SSSR count). The zero-order valence-corrected chi connectivity index (χ0v) is 7.66. The third kappa shape index (κ3) is 6.37. The fraction of sp³-hybridized carbons (Fsp3) is 1.00. The summed E-state index contributed by atoms with van der Waals surface area (Å²) in [5.41, 5.74) is 0. The molecule has 1 nitrogen and oxygen atoms in total. The summed E-state index contributed by atoms with van der Waals surface area (Å²) in [6.07, 6.45) is 2.25. The van der Waals surface area contributed by atoms with E-state index in [0.29, 0.717) is 5.92 Å². The Hall–Kier alpha value is 0.250. The number of alkyl halides is 1. The van der Waals surface area contributed by atoms with Crippen molar-refractivity contribution in [1.29, 1.82) is 0 Å². The van der Waals surface area contributed by atoms with Gasteiger partial charge in [0.15, 0.2) is 0 Å². The summed E-state index contributed by atoms with van der Waals surface area (Å²) >= 11 is 5.57. The first-order chi connectivity index (χ1) is 4.81. The van der Waals surface area contributed by atoms with Crippen LogP contribution in [0.25, 0.3) is 0 Å². The Morgan fingerprint density at radius 2 is 2.10 bits per heavy atom. The normalized spacial score (nSPS) is 13.5. The minimum atomic E-state index is 0.712. The summed E-state index contributed by atoms with van der Waals surface area (Å²) in [6, 6.07) is 0. The van der Waals surface area contributed by atoms with Crippen LogP contribution in [-0.4, -0.2) is 19.1 Å². The first kappa shape index (κ1) is 10.2. The first-order valence-electron chi connectivity index (χ1n) is 3.95. The van der Waals surface area contributed by atoms with Crippen LogP contribution >= 0.6 is 11.6 Å². The van der Waals surface area contributed by atoms with Crippen LogP contribution in [0.4, 0.5) is 0 Å². The van der Waals surface area contributed by atoms with Gasteiger partial charge in [-0.2, -0.15) is 0 Å². The van der Waals surface area contributed by atoms with Gasteiger partial charge < -0.3 is 4.74 Å². The summed E-state index contributed by atoms with van der Waals surface area (Å²) in [4.78, 5) is 0. The number of hydrogen-bond acceptors (Lipinski definition) is 1. The second-order valence-corrected chi connectivity index (χ2v) is 2.95. The second-order valence-electron chi connectivity index (χ2n) is 2.57.